The molecule has 0 aliphatic heterocycles. The number of anilines is 2. The summed E-state index contributed by atoms with van der Waals surface area (Å²) in [7, 11) is 0. The smallest absolute Gasteiger partial charge is 0.399 e. The van der Waals surface area contributed by atoms with Crippen molar-refractivity contribution >= 4 is 22.7 Å². The summed E-state index contributed by atoms with van der Waals surface area (Å²) in [4.78, 5) is 13.8. The molecule has 1 aliphatic carbocycles. The molecule has 2 aromatic heterocycles. The van der Waals surface area contributed by atoms with Gasteiger partial charge in [0, 0.05) is 17.3 Å². The normalized spacial score (nSPS) is 14.2. The maximum atomic E-state index is 12.8. The Bertz CT molecular complexity index is 1240. The fourth-order valence-corrected chi connectivity index (χ4v) is 3.38. The third-order valence-electron chi connectivity index (χ3n) is 5.16. The van der Waals surface area contributed by atoms with Gasteiger partial charge >= 0.3 is 6.18 Å². The summed E-state index contributed by atoms with van der Waals surface area (Å²) in [6.07, 6.45) is -0.571. The van der Waals surface area contributed by atoms with Crippen molar-refractivity contribution in [3.63, 3.8) is 0 Å². The van der Waals surface area contributed by atoms with Gasteiger partial charge in [0.25, 0.3) is 0 Å². The van der Waals surface area contributed by atoms with Crippen LogP contribution in [-0.4, -0.2) is 25.6 Å². The van der Waals surface area contributed by atoms with E-state index in [1.807, 2.05) is 16.7 Å². The molecule has 0 radical (unpaired) electrons. The lowest BCUT2D eigenvalue weighted by Gasteiger charge is -2.10. The molecule has 4 aromatic rings. The Morgan fingerprint density at radius 1 is 1.06 bits per heavy atom. The first-order chi connectivity index (χ1) is 14.9. The predicted molar refractivity (Wildman–Crippen MR) is 112 cm³/mol. The summed E-state index contributed by atoms with van der Waals surface area (Å²) in [5, 5.41) is 3.40. The van der Waals surface area contributed by atoms with E-state index in [4.69, 9.17) is 10.7 Å². The number of imidazole rings is 1. The van der Waals surface area contributed by atoms with Crippen LogP contribution in [0.2, 0.25) is 0 Å². The van der Waals surface area contributed by atoms with Crippen LogP contribution in [0, 0.1) is 0 Å². The molecule has 0 saturated heterocycles. The Morgan fingerprint density at radius 3 is 2.52 bits per heavy atom. The minimum atomic E-state index is -4.36. The van der Waals surface area contributed by atoms with E-state index < -0.39 is 11.7 Å². The number of nitrogen functional groups attached to an aromatic ring is 1. The molecule has 2 aromatic carbocycles. The largest absolute Gasteiger partial charge is 0.416 e. The van der Waals surface area contributed by atoms with E-state index in [1.165, 1.54) is 12.1 Å². The van der Waals surface area contributed by atoms with Crippen molar-refractivity contribution in [3.05, 3.63) is 66.0 Å². The SMILES string of the molecule is Nc1cccc(-c2nc(NC3CC3)c3ncn(Cc4ccc(C(F)(F)F)cc4)c3n2)c1. The molecule has 31 heavy (non-hydrogen) atoms. The van der Waals surface area contributed by atoms with Gasteiger partial charge in [-0.1, -0.05) is 24.3 Å². The molecule has 1 saturated carbocycles. The van der Waals surface area contributed by atoms with E-state index >= 15 is 0 Å². The van der Waals surface area contributed by atoms with Crippen LogP contribution in [-0.2, 0) is 12.7 Å². The Kier molecular flexibility index (Phi) is 4.53. The van der Waals surface area contributed by atoms with Gasteiger partial charge < -0.3 is 15.6 Å². The summed E-state index contributed by atoms with van der Waals surface area (Å²) in [5.74, 6) is 1.16. The molecule has 1 aliphatic rings. The van der Waals surface area contributed by atoms with Crippen LogP contribution in [0.25, 0.3) is 22.6 Å². The maximum Gasteiger partial charge on any atom is 0.416 e. The average molecular weight is 424 g/mol. The molecule has 1 fully saturated rings. The highest BCUT2D eigenvalue weighted by Gasteiger charge is 2.30. The first kappa shape index (κ1) is 19.3. The number of halogens is 3. The van der Waals surface area contributed by atoms with Crippen molar-refractivity contribution in [2.45, 2.75) is 31.6 Å². The Labute approximate surface area is 176 Å². The van der Waals surface area contributed by atoms with E-state index in [9.17, 15) is 13.2 Å². The molecular weight excluding hydrogens is 405 g/mol. The molecule has 5 rings (SSSR count). The minimum absolute atomic E-state index is 0.338. The van der Waals surface area contributed by atoms with Crippen molar-refractivity contribution in [3.8, 4) is 11.4 Å². The highest BCUT2D eigenvalue weighted by Crippen LogP contribution is 2.31. The number of fused-ring (bicyclic) bond motifs is 1. The molecule has 6 nitrogen and oxygen atoms in total. The van der Waals surface area contributed by atoms with Gasteiger partial charge in [-0.05, 0) is 42.7 Å². The molecule has 3 N–H and O–H groups in total. The standard InChI is InChI=1S/C22H19F3N6/c23-22(24,25)15-6-4-13(5-7-15)11-31-12-27-18-20(28-17-8-9-17)29-19(30-21(18)31)14-2-1-3-16(26)10-14/h1-7,10,12,17H,8-9,11,26H2,(H,28,29,30). The highest BCUT2D eigenvalue weighted by atomic mass is 19.4. The van der Waals surface area contributed by atoms with Crippen molar-refractivity contribution in [1.82, 2.24) is 19.5 Å². The van der Waals surface area contributed by atoms with Gasteiger partial charge in [0.1, 0.15) is 5.52 Å². The van der Waals surface area contributed by atoms with Crippen LogP contribution < -0.4 is 11.1 Å². The Balaban J connectivity index is 1.55. The lowest BCUT2D eigenvalue weighted by atomic mass is 10.1. The zero-order chi connectivity index (χ0) is 21.6. The van der Waals surface area contributed by atoms with E-state index in [0.29, 0.717) is 46.6 Å². The van der Waals surface area contributed by atoms with Gasteiger partial charge in [0.2, 0.25) is 0 Å². The number of hydrogen-bond donors (Lipinski definition) is 2. The van der Waals surface area contributed by atoms with E-state index in [1.54, 1.807) is 18.5 Å². The molecule has 9 heteroatoms. The Hall–Kier alpha value is -3.62. The van der Waals surface area contributed by atoms with Crippen LogP contribution >= 0.6 is 0 Å². The van der Waals surface area contributed by atoms with E-state index in [0.717, 1.165) is 30.5 Å². The molecule has 0 amide bonds. The third kappa shape index (κ3) is 4.03. The quantitative estimate of drug-likeness (QED) is 0.453. The first-order valence-electron chi connectivity index (χ1n) is 9.88. The second-order valence-electron chi connectivity index (χ2n) is 7.68. The fraction of sp³-hybridized carbons (Fsp3) is 0.227. The van der Waals surface area contributed by atoms with Crippen molar-refractivity contribution in [2.75, 3.05) is 11.1 Å². The molecule has 0 atom stereocenters. The summed E-state index contributed by atoms with van der Waals surface area (Å²) < 4.78 is 40.3. The second-order valence-corrected chi connectivity index (χ2v) is 7.68. The van der Waals surface area contributed by atoms with Gasteiger partial charge in [-0.2, -0.15) is 13.2 Å². The lowest BCUT2D eigenvalue weighted by molar-refractivity contribution is -0.137. The van der Waals surface area contributed by atoms with Gasteiger partial charge in [0.15, 0.2) is 17.3 Å². The van der Waals surface area contributed by atoms with Crippen molar-refractivity contribution in [1.29, 1.82) is 0 Å². The zero-order valence-electron chi connectivity index (χ0n) is 16.4. The van der Waals surface area contributed by atoms with Gasteiger partial charge in [-0.3, -0.25) is 0 Å². The number of nitrogens with zero attached hydrogens (tertiary/aromatic N) is 4. The zero-order valence-corrected chi connectivity index (χ0v) is 16.4. The minimum Gasteiger partial charge on any atom is -0.399 e. The number of hydrogen-bond acceptors (Lipinski definition) is 5. The fourth-order valence-electron chi connectivity index (χ4n) is 3.38. The molecular formula is C22H19F3N6. The highest BCUT2D eigenvalue weighted by molar-refractivity contribution is 5.85. The monoisotopic (exact) mass is 424 g/mol. The molecule has 0 spiro atoms. The van der Waals surface area contributed by atoms with Crippen LogP contribution in [0.15, 0.2) is 54.9 Å². The summed E-state index contributed by atoms with van der Waals surface area (Å²) in [5.41, 5.74) is 8.59. The number of alkyl halides is 3. The predicted octanol–water partition coefficient (Wildman–Crippen LogP) is 4.72. The van der Waals surface area contributed by atoms with Crippen LogP contribution in [0.4, 0.5) is 24.7 Å². The van der Waals surface area contributed by atoms with E-state index in [-0.39, 0.29) is 0 Å². The van der Waals surface area contributed by atoms with Crippen molar-refractivity contribution < 1.29 is 13.2 Å². The molecule has 158 valence electrons. The first-order valence-corrected chi connectivity index (χ1v) is 9.88. The number of rotatable bonds is 5. The number of benzene rings is 2. The Morgan fingerprint density at radius 2 is 1.84 bits per heavy atom. The topological polar surface area (TPSA) is 81.6 Å². The van der Waals surface area contributed by atoms with Gasteiger partial charge in [0.05, 0.1) is 18.4 Å². The lowest BCUT2D eigenvalue weighted by Crippen LogP contribution is -2.07. The summed E-state index contributed by atoms with van der Waals surface area (Å²) in [6.45, 7) is 0.338. The summed E-state index contributed by atoms with van der Waals surface area (Å²) in [6, 6.07) is 12.8. The second kappa shape index (κ2) is 7.26. The van der Waals surface area contributed by atoms with Crippen LogP contribution in [0.3, 0.4) is 0 Å². The van der Waals surface area contributed by atoms with Gasteiger partial charge in [-0.15, -0.1) is 0 Å². The van der Waals surface area contributed by atoms with Gasteiger partial charge in [-0.25, -0.2) is 15.0 Å². The molecule has 0 bridgehead atoms. The maximum absolute atomic E-state index is 12.8. The molecule has 2 heterocycles. The van der Waals surface area contributed by atoms with E-state index in [2.05, 4.69) is 15.3 Å². The summed E-state index contributed by atoms with van der Waals surface area (Å²) >= 11 is 0. The molecule has 0 unspecified atom stereocenters. The van der Waals surface area contributed by atoms with Crippen molar-refractivity contribution in [2.24, 2.45) is 0 Å². The number of aromatic nitrogens is 4. The van der Waals surface area contributed by atoms with Crippen LogP contribution in [0.5, 0.6) is 0 Å². The number of nitrogens with one attached hydrogen (secondary N) is 1. The third-order valence-corrected chi connectivity index (χ3v) is 5.16. The average Bonchev–Trinajstić information content (AvgIpc) is 3.46. The van der Waals surface area contributed by atoms with Crippen LogP contribution in [0.1, 0.15) is 24.0 Å². The number of nitrogens with two attached hydrogens (primary N) is 1.